The van der Waals surface area contributed by atoms with Crippen LogP contribution in [0.3, 0.4) is 0 Å². The number of aliphatic hydroxyl groups is 1. The standard InChI is InChI=1S/C15H19NO/c17-15(7-1-3-11-9-13(11)15)12-6-5-10-4-2-8-16-14(10)12/h2,4,8,11-13,17H,1,3,5-7,9H2. The lowest BCUT2D eigenvalue weighted by molar-refractivity contribution is -0.0366. The van der Waals surface area contributed by atoms with Gasteiger partial charge in [0.1, 0.15) is 0 Å². The molecule has 4 rings (SSSR count). The zero-order chi connectivity index (χ0) is 11.5. The minimum absolute atomic E-state index is 0.314. The first-order valence-corrected chi connectivity index (χ1v) is 6.95. The Kier molecular flexibility index (Phi) is 1.97. The van der Waals surface area contributed by atoms with Crippen molar-refractivity contribution in [2.24, 2.45) is 11.8 Å². The molecule has 2 nitrogen and oxygen atoms in total. The van der Waals surface area contributed by atoms with Crippen LogP contribution in [-0.4, -0.2) is 15.7 Å². The number of nitrogens with zero attached hydrogens (tertiary/aromatic N) is 1. The van der Waals surface area contributed by atoms with Gasteiger partial charge in [-0.1, -0.05) is 12.5 Å². The van der Waals surface area contributed by atoms with Crippen molar-refractivity contribution in [3.63, 3.8) is 0 Å². The molecule has 3 aliphatic rings. The lowest BCUT2D eigenvalue weighted by Crippen LogP contribution is -2.40. The van der Waals surface area contributed by atoms with E-state index in [1.165, 1.54) is 30.5 Å². The number of aromatic nitrogens is 1. The summed E-state index contributed by atoms with van der Waals surface area (Å²) in [6.07, 6.45) is 8.89. The zero-order valence-electron chi connectivity index (χ0n) is 10.1. The Balaban J connectivity index is 1.72. The first kappa shape index (κ1) is 10.1. The quantitative estimate of drug-likeness (QED) is 0.803. The molecule has 0 aliphatic heterocycles. The van der Waals surface area contributed by atoms with Crippen LogP contribution in [0, 0.1) is 11.8 Å². The third-order valence-corrected chi connectivity index (χ3v) is 5.28. The number of fused-ring (bicyclic) bond motifs is 2. The van der Waals surface area contributed by atoms with E-state index < -0.39 is 5.60 Å². The second-order valence-corrected chi connectivity index (χ2v) is 6.12. The largest absolute Gasteiger partial charge is 0.389 e. The van der Waals surface area contributed by atoms with E-state index in [0.717, 1.165) is 25.2 Å². The van der Waals surface area contributed by atoms with E-state index in [0.29, 0.717) is 11.8 Å². The van der Waals surface area contributed by atoms with E-state index in [2.05, 4.69) is 11.1 Å². The van der Waals surface area contributed by atoms with Gasteiger partial charge < -0.3 is 5.11 Å². The maximum absolute atomic E-state index is 11.1. The molecule has 2 saturated carbocycles. The highest BCUT2D eigenvalue weighted by Gasteiger charge is 2.58. The Morgan fingerprint density at radius 2 is 2.29 bits per heavy atom. The van der Waals surface area contributed by atoms with E-state index in [1.54, 1.807) is 0 Å². The van der Waals surface area contributed by atoms with Gasteiger partial charge in [-0.2, -0.15) is 0 Å². The predicted octanol–water partition coefficient (Wildman–Crippen LogP) is 2.66. The van der Waals surface area contributed by atoms with E-state index in [-0.39, 0.29) is 0 Å². The normalized spacial score (nSPS) is 43.0. The monoisotopic (exact) mass is 229 g/mol. The van der Waals surface area contributed by atoms with Crippen molar-refractivity contribution in [1.29, 1.82) is 0 Å². The molecule has 1 aromatic rings. The number of hydrogen-bond acceptors (Lipinski definition) is 2. The molecule has 3 aliphatic carbocycles. The van der Waals surface area contributed by atoms with Gasteiger partial charge in [-0.05, 0) is 55.6 Å². The van der Waals surface area contributed by atoms with Crippen molar-refractivity contribution in [1.82, 2.24) is 4.98 Å². The highest BCUT2D eigenvalue weighted by Crippen LogP contribution is 2.60. The Labute approximate surface area is 102 Å². The van der Waals surface area contributed by atoms with Crippen molar-refractivity contribution < 1.29 is 5.11 Å². The summed E-state index contributed by atoms with van der Waals surface area (Å²) >= 11 is 0. The summed E-state index contributed by atoms with van der Waals surface area (Å²) in [5, 5.41) is 11.1. The summed E-state index contributed by atoms with van der Waals surface area (Å²) in [4.78, 5) is 4.55. The second-order valence-electron chi connectivity index (χ2n) is 6.12. The molecule has 2 fully saturated rings. The third-order valence-electron chi connectivity index (χ3n) is 5.28. The van der Waals surface area contributed by atoms with Gasteiger partial charge in [-0.15, -0.1) is 0 Å². The van der Waals surface area contributed by atoms with E-state index in [1.807, 2.05) is 12.3 Å². The summed E-state index contributed by atoms with van der Waals surface area (Å²) in [5.41, 5.74) is 2.14. The first-order valence-electron chi connectivity index (χ1n) is 6.95. The summed E-state index contributed by atoms with van der Waals surface area (Å²) < 4.78 is 0. The fraction of sp³-hybridized carbons (Fsp3) is 0.667. The summed E-state index contributed by atoms with van der Waals surface area (Å²) in [7, 11) is 0. The molecule has 0 aromatic carbocycles. The van der Waals surface area contributed by atoms with E-state index in [9.17, 15) is 5.11 Å². The molecule has 17 heavy (non-hydrogen) atoms. The summed E-state index contributed by atoms with van der Waals surface area (Å²) in [5.74, 6) is 1.71. The molecular weight excluding hydrogens is 210 g/mol. The average molecular weight is 229 g/mol. The molecule has 90 valence electrons. The topological polar surface area (TPSA) is 33.1 Å². The number of aryl methyl sites for hydroxylation is 1. The van der Waals surface area contributed by atoms with Gasteiger partial charge in [-0.25, -0.2) is 0 Å². The van der Waals surface area contributed by atoms with E-state index >= 15 is 0 Å². The van der Waals surface area contributed by atoms with Gasteiger partial charge in [-0.3, -0.25) is 4.98 Å². The molecule has 1 heterocycles. The number of rotatable bonds is 1. The number of hydrogen-bond donors (Lipinski definition) is 1. The summed E-state index contributed by atoms with van der Waals surface area (Å²) in [6.45, 7) is 0. The van der Waals surface area contributed by atoms with Crippen LogP contribution in [0.1, 0.15) is 49.3 Å². The molecule has 1 aromatic heterocycles. The second kappa shape index (κ2) is 3.32. The highest BCUT2D eigenvalue weighted by molar-refractivity contribution is 5.32. The summed E-state index contributed by atoms with van der Waals surface area (Å²) in [6, 6.07) is 4.20. The molecule has 4 atom stereocenters. The SMILES string of the molecule is OC1(C2CCc3cccnc32)CCCC2CC21. The smallest absolute Gasteiger partial charge is 0.0762 e. The van der Waals surface area contributed by atoms with Crippen molar-refractivity contribution in [2.75, 3.05) is 0 Å². The molecular formula is C15H19NO. The van der Waals surface area contributed by atoms with Gasteiger partial charge in [0, 0.05) is 17.8 Å². The Morgan fingerprint density at radius 3 is 3.24 bits per heavy atom. The lowest BCUT2D eigenvalue weighted by atomic mass is 9.74. The number of pyridine rings is 1. The van der Waals surface area contributed by atoms with Gasteiger partial charge in [0.05, 0.1) is 5.60 Å². The molecule has 0 amide bonds. The van der Waals surface area contributed by atoms with Crippen molar-refractivity contribution in [2.45, 2.75) is 50.0 Å². The third kappa shape index (κ3) is 1.33. The van der Waals surface area contributed by atoms with Gasteiger partial charge in [0.2, 0.25) is 0 Å². The van der Waals surface area contributed by atoms with Crippen LogP contribution in [0.25, 0.3) is 0 Å². The van der Waals surface area contributed by atoms with Gasteiger partial charge in [0.25, 0.3) is 0 Å². The molecule has 1 N–H and O–H groups in total. The molecule has 0 spiro atoms. The molecule has 0 saturated heterocycles. The fourth-order valence-corrected chi connectivity index (χ4v) is 4.34. The van der Waals surface area contributed by atoms with Crippen LogP contribution in [0.2, 0.25) is 0 Å². The zero-order valence-corrected chi connectivity index (χ0v) is 10.1. The van der Waals surface area contributed by atoms with Crippen molar-refractivity contribution in [3.8, 4) is 0 Å². The predicted molar refractivity (Wildman–Crippen MR) is 65.7 cm³/mol. The van der Waals surface area contributed by atoms with Crippen LogP contribution in [-0.2, 0) is 6.42 Å². The van der Waals surface area contributed by atoms with Crippen LogP contribution < -0.4 is 0 Å². The Bertz CT molecular complexity index is 458. The fourth-order valence-electron chi connectivity index (χ4n) is 4.34. The molecule has 4 unspecified atom stereocenters. The molecule has 0 bridgehead atoms. The van der Waals surface area contributed by atoms with Crippen LogP contribution in [0.5, 0.6) is 0 Å². The van der Waals surface area contributed by atoms with Gasteiger partial charge in [0.15, 0.2) is 0 Å². The van der Waals surface area contributed by atoms with Crippen LogP contribution in [0.4, 0.5) is 0 Å². The Hall–Kier alpha value is -0.890. The van der Waals surface area contributed by atoms with Crippen LogP contribution >= 0.6 is 0 Å². The lowest BCUT2D eigenvalue weighted by Gasteiger charge is -2.37. The first-order chi connectivity index (χ1) is 8.29. The maximum Gasteiger partial charge on any atom is 0.0762 e. The van der Waals surface area contributed by atoms with Crippen LogP contribution in [0.15, 0.2) is 18.3 Å². The minimum atomic E-state index is -0.428. The van der Waals surface area contributed by atoms with Gasteiger partial charge >= 0.3 is 0 Å². The molecule has 0 radical (unpaired) electrons. The highest BCUT2D eigenvalue weighted by atomic mass is 16.3. The average Bonchev–Trinajstić information content (AvgIpc) is 3.02. The minimum Gasteiger partial charge on any atom is -0.389 e. The van der Waals surface area contributed by atoms with Crippen molar-refractivity contribution >= 4 is 0 Å². The maximum atomic E-state index is 11.1. The molecule has 2 heteroatoms. The van der Waals surface area contributed by atoms with Crippen molar-refractivity contribution in [3.05, 3.63) is 29.6 Å². The van der Waals surface area contributed by atoms with E-state index in [4.69, 9.17) is 0 Å². The Morgan fingerprint density at radius 1 is 1.35 bits per heavy atom.